The van der Waals surface area contributed by atoms with Crippen LogP contribution in [0.4, 0.5) is 5.69 Å². The maximum Gasteiger partial charge on any atom is 0.307 e. The van der Waals surface area contributed by atoms with Gasteiger partial charge in [0, 0.05) is 10.5 Å². The lowest BCUT2D eigenvalue weighted by molar-refractivity contribution is -0.143. The average molecular weight is 311 g/mol. The highest BCUT2D eigenvalue weighted by atomic mass is 79.9. The molecular weight excluding hydrogens is 296 g/mol. The van der Waals surface area contributed by atoms with Gasteiger partial charge in [-0.25, -0.2) is 0 Å². The van der Waals surface area contributed by atoms with E-state index in [-0.39, 0.29) is 18.4 Å². The number of nitrogens with zero attached hydrogens (tertiary/aromatic N) is 1. The summed E-state index contributed by atoms with van der Waals surface area (Å²) in [5.41, 5.74) is 1.26. The molecule has 5 heteroatoms. The van der Waals surface area contributed by atoms with Gasteiger partial charge in [0.1, 0.15) is 6.07 Å². The average Bonchev–Trinajstić information content (AvgIpc) is 2.31. The fourth-order valence-electron chi connectivity index (χ4n) is 1.52. The number of nitriles is 1. The van der Waals surface area contributed by atoms with E-state index in [1.807, 2.05) is 19.1 Å². The number of carbonyl (C=O) groups is 1. The smallest absolute Gasteiger partial charge is 0.307 e. The van der Waals surface area contributed by atoms with Crippen LogP contribution in [-0.2, 0) is 9.53 Å². The van der Waals surface area contributed by atoms with Crippen molar-refractivity contribution in [1.29, 1.82) is 5.26 Å². The number of ether oxygens (including phenoxy) is 1. The van der Waals surface area contributed by atoms with Crippen molar-refractivity contribution in [3.05, 3.63) is 28.2 Å². The predicted octanol–water partition coefficient (Wildman–Crippen LogP) is 3.07. The first-order valence-electron chi connectivity index (χ1n) is 5.68. The van der Waals surface area contributed by atoms with Crippen molar-refractivity contribution in [2.75, 3.05) is 11.9 Å². The van der Waals surface area contributed by atoms with Gasteiger partial charge in [0.2, 0.25) is 0 Å². The fraction of sp³-hybridized carbons (Fsp3) is 0.385. The summed E-state index contributed by atoms with van der Waals surface area (Å²) in [5, 5.41) is 12.2. The van der Waals surface area contributed by atoms with E-state index in [1.54, 1.807) is 13.0 Å². The lowest BCUT2D eigenvalue weighted by Crippen LogP contribution is -2.21. The van der Waals surface area contributed by atoms with Gasteiger partial charge in [-0.1, -0.05) is 15.9 Å². The van der Waals surface area contributed by atoms with E-state index in [2.05, 4.69) is 27.3 Å². The number of halogens is 1. The maximum absolute atomic E-state index is 11.3. The molecule has 0 saturated heterocycles. The third-order valence-electron chi connectivity index (χ3n) is 2.28. The van der Waals surface area contributed by atoms with E-state index in [1.165, 1.54) is 0 Å². The third-order valence-corrected chi connectivity index (χ3v) is 2.78. The molecule has 0 aliphatic rings. The van der Waals surface area contributed by atoms with E-state index >= 15 is 0 Å². The summed E-state index contributed by atoms with van der Waals surface area (Å²) in [4.78, 5) is 11.3. The molecule has 0 spiro atoms. The molecule has 4 nitrogen and oxygen atoms in total. The number of carbonyl (C=O) groups excluding carboxylic acids is 1. The molecule has 1 atom stereocenters. The first kappa shape index (κ1) is 14.5. The molecule has 0 amide bonds. The molecule has 0 radical (unpaired) electrons. The molecule has 0 aliphatic heterocycles. The van der Waals surface area contributed by atoms with Crippen molar-refractivity contribution in [2.45, 2.75) is 26.3 Å². The molecular formula is C13H15BrN2O2. The topological polar surface area (TPSA) is 62.1 Å². The van der Waals surface area contributed by atoms with Crippen molar-refractivity contribution in [3.8, 4) is 6.07 Å². The van der Waals surface area contributed by atoms with Crippen LogP contribution >= 0.6 is 15.9 Å². The number of hydrogen-bond acceptors (Lipinski definition) is 4. The Morgan fingerprint density at radius 1 is 1.61 bits per heavy atom. The minimum absolute atomic E-state index is 0.0858. The lowest BCUT2D eigenvalue weighted by Gasteiger charge is -2.15. The maximum atomic E-state index is 11.3. The molecule has 1 N–H and O–H groups in total. The van der Waals surface area contributed by atoms with Crippen LogP contribution in [0.5, 0.6) is 0 Å². The summed E-state index contributed by atoms with van der Waals surface area (Å²) in [5.74, 6) is -0.242. The number of rotatable bonds is 5. The third kappa shape index (κ3) is 4.38. The van der Waals surface area contributed by atoms with Gasteiger partial charge in [-0.2, -0.15) is 5.26 Å². The van der Waals surface area contributed by atoms with Crippen LogP contribution in [0, 0.1) is 11.3 Å². The summed E-state index contributed by atoms with van der Waals surface area (Å²) >= 11 is 3.31. The first-order chi connectivity index (χ1) is 8.56. The SMILES string of the molecule is CCOC(=O)CC(C)Nc1ccc(Br)cc1C#N. The lowest BCUT2D eigenvalue weighted by atomic mass is 10.1. The molecule has 0 aromatic heterocycles. The summed E-state index contributed by atoms with van der Waals surface area (Å²) < 4.78 is 5.72. The van der Waals surface area contributed by atoms with Crippen LogP contribution in [0.15, 0.2) is 22.7 Å². The van der Waals surface area contributed by atoms with E-state index in [0.29, 0.717) is 12.2 Å². The van der Waals surface area contributed by atoms with Crippen LogP contribution < -0.4 is 5.32 Å². The molecule has 0 fully saturated rings. The van der Waals surface area contributed by atoms with E-state index in [4.69, 9.17) is 10.00 Å². The number of hydrogen-bond donors (Lipinski definition) is 1. The number of nitrogens with one attached hydrogen (secondary N) is 1. The summed E-state index contributed by atoms with van der Waals surface area (Å²) in [6.07, 6.45) is 0.273. The Hall–Kier alpha value is -1.54. The second kappa shape index (κ2) is 7.02. The van der Waals surface area contributed by atoms with Gasteiger partial charge in [-0.15, -0.1) is 0 Å². The number of esters is 1. The molecule has 1 unspecified atom stereocenters. The minimum Gasteiger partial charge on any atom is -0.466 e. The summed E-state index contributed by atoms with van der Waals surface area (Å²) in [6.45, 7) is 4.03. The van der Waals surface area contributed by atoms with Crippen LogP contribution in [0.2, 0.25) is 0 Å². The molecule has 18 heavy (non-hydrogen) atoms. The Balaban J connectivity index is 2.67. The van der Waals surface area contributed by atoms with Crippen LogP contribution in [0.3, 0.4) is 0 Å². The Bertz CT molecular complexity index is 469. The molecule has 0 heterocycles. The molecule has 0 aliphatic carbocycles. The summed E-state index contributed by atoms with van der Waals surface area (Å²) in [7, 11) is 0. The Kier molecular flexibility index (Phi) is 5.66. The minimum atomic E-state index is -0.242. The van der Waals surface area contributed by atoms with E-state index < -0.39 is 0 Å². The number of anilines is 1. The Morgan fingerprint density at radius 3 is 2.94 bits per heavy atom. The molecule has 96 valence electrons. The second-order valence-corrected chi connectivity index (χ2v) is 4.77. The van der Waals surface area contributed by atoms with Gasteiger partial charge in [0.25, 0.3) is 0 Å². The van der Waals surface area contributed by atoms with Crippen molar-refractivity contribution >= 4 is 27.6 Å². The van der Waals surface area contributed by atoms with Crippen molar-refractivity contribution in [3.63, 3.8) is 0 Å². The van der Waals surface area contributed by atoms with Gasteiger partial charge in [0.05, 0.1) is 24.3 Å². The highest BCUT2D eigenvalue weighted by molar-refractivity contribution is 9.10. The molecule has 1 aromatic rings. The zero-order valence-corrected chi connectivity index (χ0v) is 12.0. The standard InChI is InChI=1S/C13H15BrN2O2/c1-3-18-13(17)6-9(2)16-12-5-4-11(14)7-10(12)8-15/h4-5,7,9,16H,3,6H2,1-2H3. The molecule has 1 aromatic carbocycles. The van der Waals surface area contributed by atoms with Gasteiger partial charge in [-0.3, -0.25) is 4.79 Å². The normalized spacial score (nSPS) is 11.4. The Labute approximate surface area is 115 Å². The fourth-order valence-corrected chi connectivity index (χ4v) is 1.88. The van der Waals surface area contributed by atoms with Gasteiger partial charge in [0.15, 0.2) is 0 Å². The zero-order valence-electron chi connectivity index (χ0n) is 10.4. The monoisotopic (exact) mass is 310 g/mol. The van der Waals surface area contributed by atoms with Crippen LogP contribution in [0.25, 0.3) is 0 Å². The first-order valence-corrected chi connectivity index (χ1v) is 6.48. The largest absolute Gasteiger partial charge is 0.466 e. The van der Waals surface area contributed by atoms with Gasteiger partial charge < -0.3 is 10.1 Å². The van der Waals surface area contributed by atoms with Gasteiger partial charge >= 0.3 is 5.97 Å². The summed E-state index contributed by atoms with van der Waals surface area (Å²) in [6, 6.07) is 7.42. The second-order valence-electron chi connectivity index (χ2n) is 3.86. The zero-order chi connectivity index (χ0) is 13.5. The molecule has 0 bridgehead atoms. The molecule has 0 saturated carbocycles. The highest BCUT2D eigenvalue weighted by Crippen LogP contribution is 2.21. The highest BCUT2D eigenvalue weighted by Gasteiger charge is 2.11. The van der Waals surface area contributed by atoms with Crippen molar-refractivity contribution < 1.29 is 9.53 Å². The Morgan fingerprint density at radius 2 is 2.33 bits per heavy atom. The van der Waals surface area contributed by atoms with Crippen LogP contribution in [0.1, 0.15) is 25.8 Å². The van der Waals surface area contributed by atoms with E-state index in [9.17, 15) is 4.79 Å². The quantitative estimate of drug-likeness (QED) is 0.849. The predicted molar refractivity (Wildman–Crippen MR) is 73.2 cm³/mol. The van der Waals surface area contributed by atoms with Crippen molar-refractivity contribution in [2.24, 2.45) is 0 Å². The number of benzene rings is 1. The molecule has 1 rings (SSSR count). The van der Waals surface area contributed by atoms with Crippen LogP contribution in [-0.4, -0.2) is 18.6 Å². The van der Waals surface area contributed by atoms with Gasteiger partial charge in [-0.05, 0) is 32.0 Å². The van der Waals surface area contributed by atoms with Crippen molar-refractivity contribution in [1.82, 2.24) is 0 Å². The van der Waals surface area contributed by atoms with E-state index in [0.717, 1.165) is 10.2 Å².